The molecule has 0 saturated heterocycles. The fourth-order valence-corrected chi connectivity index (χ4v) is 0.999. The molecule has 76 valence electrons. The Labute approximate surface area is 90.8 Å². The van der Waals surface area contributed by atoms with E-state index < -0.39 is 0 Å². The number of benzene rings is 1. The van der Waals surface area contributed by atoms with Crippen LogP contribution in [0.25, 0.3) is 0 Å². The zero-order valence-electron chi connectivity index (χ0n) is 9.12. The number of hydrogen-bond donors (Lipinski definition) is 0. The molecule has 0 aromatic heterocycles. The standard InChI is InChI=1S/C13H14N2/c1-3-4-5-10-14-11-15-13-8-6-12(2)7-9-13/h6-9H,5,10H2,1-2H3. The Bertz CT molecular complexity index is 412. The van der Waals surface area contributed by atoms with Crippen LogP contribution >= 0.6 is 0 Å². The van der Waals surface area contributed by atoms with Crippen LogP contribution in [0.3, 0.4) is 0 Å². The first-order valence-corrected chi connectivity index (χ1v) is 4.91. The summed E-state index contributed by atoms with van der Waals surface area (Å²) in [7, 11) is 0. The summed E-state index contributed by atoms with van der Waals surface area (Å²) in [5, 5.41) is 0. The van der Waals surface area contributed by atoms with Gasteiger partial charge in [0.2, 0.25) is 0 Å². The number of aryl methyl sites for hydroxylation is 1. The molecular weight excluding hydrogens is 184 g/mol. The van der Waals surface area contributed by atoms with Crippen molar-refractivity contribution < 1.29 is 0 Å². The van der Waals surface area contributed by atoms with Crippen LogP contribution in [-0.2, 0) is 0 Å². The van der Waals surface area contributed by atoms with E-state index >= 15 is 0 Å². The van der Waals surface area contributed by atoms with Crippen molar-refractivity contribution in [2.75, 3.05) is 6.54 Å². The summed E-state index contributed by atoms with van der Waals surface area (Å²) in [6, 6.07) is 10.6. The van der Waals surface area contributed by atoms with Crippen LogP contribution in [-0.4, -0.2) is 12.6 Å². The lowest BCUT2D eigenvalue weighted by Gasteiger charge is -1.90. The Balaban J connectivity index is 2.49. The van der Waals surface area contributed by atoms with Gasteiger partial charge in [0, 0.05) is 6.42 Å². The van der Waals surface area contributed by atoms with E-state index in [0.29, 0.717) is 6.54 Å². The van der Waals surface area contributed by atoms with E-state index in [2.05, 4.69) is 27.8 Å². The van der Waals surface area contributed by atoms with Gasteiger partial charge in [0.05, 0.1) is 18.2 Å². The maximum atomic E-state index is 4.08. The molecule has 0 radical (unpaired) electrons. The molecule has 0 aliphatic heterocycles. The van der Waals surface area contributed by atoms with Crippen LogP contribution in [0.4, 0.5) is 5.69 Å². The van der Waals surface area contributed by atoms with Crippen molar-refractivity contribution >= 4 is 11.7 Å². The van der Waals surface area contributed by atoms with Crippen LogP contribution in [0.2, 0.25) is 0 Å². The van der Waals surface area contributed by atoms with E-state index in [0.717, 1.165) is 12.1 Å². The summed E-state index contributed by atoms with van der Waals surface area (Å²) in [6.07, 6.45) is 0.771. The third kappa shape index (κ3) is 4.81. The predicted molar refractivity (Wildman–Crippen MR) is 63.6 cm³/mol. The minimum Gasteiger partial charge on any atom is -0.224 e. The fourth-order valence-electron chi connectivity index (χ4n) is 0.999. The van der Waals surface area contributed by atoms with E-state index in [-0.39, 0.29) is 0 Å². The smallest absolute Gasteiger partial charge is 0.0949 e. The lowest BCUT2D eigenvalue weighted by molar-refractivity contribution is 1.04. The summed E-state index contributed by atoms with van der Waals surface area (Å²) < 4.78 is 0. The minimum atomic E-state index is 0.663. The monoisotopic (exact) mass is 198 g/mol. The number of nitrogens with zero attached hydrogens (tertiary/aromatic N) is 2. The van der Waals surface area contributed by atoms with Gasteiger partial charge in [0.1, 0.15) is 0 Å². The van der Waals surface area contributed by atoms with Crippen molar-refractivity contribution in [2.24, 2.45) is 9.98 Å². The summed E-state index contributed by atoms with van der Waals surface area (Å²) in [4.78, 5) is 8.09. The van der Waals surface area contributed by atoms with Crippen LogP contribution < -0.4 is 0 Å². The molecule has 0 aliphatic carbocycles. The van der Waals surface area contributed by atoms with Gasteiger partial charge in [-0.25, -0.2) is 4.99 Å². The summed E-state index contributed by atoms with van der Waals surface area (Å²) in [5.41, 5.74) is 2.11. The predicted octanol–water partition coefficient (Wildman–Crippen LogP) is 3.21. The van der Waals surface area contributed by atoms with Gasteiger partial charge in [-0.15, -0.1) is 11.8 Å². The van der Waals surface area contributed by atoms with Crippen molar-refractivity contribution in [3.63, 3.8) is 0 Å². The summed E-state index contributed by atoms with van der Waals surface area (Å²) >= 11 is 0. The fraction of sp³-hybridized carbons (Fsp3) is 0.308. The average molecular weight is 198 g/mol. The molecule has 1 aromatic rings. The number of hydrogen-bond acceptors (Lipinski definition) is 2. The first-order chi connectivity index (χ1) is 7.33. The van der Waals surface area contributed by atoms with Crippen molar-refractivity contribution in [2.45, 2.75) is 20.3 Å². The quantitative estimate of drug-likeness (QED) is 0.405. The summed E-state index contributed by atoms with van der Waals surface area (Å²) in [6.45, 7) is 4.53. The second kappa shape index (κ2) is 6.59. The Morgan fingerprint density at radius 3 is 2.60 bits per heavy atom. The van der Waals surface area contributed by atoms with Gasteiger partial charge >= 0.3 is 0 Å². The molecule has 0 bridgehead atoms. The van der Waals surface area contributed by atoms with Crippen LogP contribution in [0.5, 0.6) is 0 Å². The highest BCUT2D eigenvalue weighted by Gasteiger charge is 1.85. The van der Waals surface area contributed by atoms with Gasteiger partial charge in [0.15, 0.2) is 0 Å². The lowest BCUT2D eigenvalue weighted by Crippen LogP contribution is -1.74. The molecule has 0 saturated carbocycles. The van der Waals surface area contributed by atoms with Crippen molar-refractivity contribution in [3.8, 4) is 11.8 Å². The lowest BCUT2D eigenvalue weighted by atomic mass is 10.2. The van der Waals surface area contributed by atoms with Gasteiger partial charge in [-0.3, -0.25) is 0 Å². The molecule has 0 aliphatic rings. The normalized spacial score (nSPS) is 8.40. The molecular formula is C13H14N2. The summed E-state index contributed by atoms with van der Waals surface area (Å²) in [5.74, 6) is 5.74. The third-order valence-electron chi connectivity index (χ3n) is 1.81. The second-order valence-electron chi connectivity index (χ2n) is 3.11. The molecule has 0 amide bonds. The molecule has 2 heteroatoms. The van der Waals surface area contributed by atoms with Crippen LogP contribution in [0.1, 0.15) is 18.9 Å². The third-order valence-corrected chi connectivity index (χ3v) is 1.81. The van der Waals surface area contributed by atoms with Crippen LogP contribution in [0, 0.1) is 18.8 Å². The molecule has 0 fully saturated rings. The highest BCUT2D eigenvalue weighted by molar-refractivity contribution is 5.52. The molecule has 1 aromatic carbocycles. The van der Waals surface area contributed by atoms with Gasteiger partial charge < -0.3 is 0 Å². The Kier molecular flexibility index (Phi) is 4.94. The van der Waals surface area contributed by atoms with Gasteiger partial charge in [0.25, 0.3) is 0 Å². The highest BCUT2D eigenvalue weighted by atomic mass is 14.8. The Morgan fingerprint density at radius 1 is 1.20 bits per heavy atom. The van der Waals surface area contributed by atoms with Gasteiger partial charge in [-0.1, -0.05) is 17.7 Å². The van der Waals surface area contributed by atoms with Crippen molar-refractivity contribution in [1.29, 1.82) is 0 Å². The zero-order chi connectivity index (χ0) is 10.9. The topological polar surface area (TPSA) is 24.7 Å². The van der Waals surface area contributed by atoms with Crippen LogP contribution in [0.15, 0.2) is 34.3 Å². The molecule has 2 nitrogen and oxygen atoms in total. The zero-order valence-corrected chi connectivity index (χ0v) is 9.12. The Morgan fingerprint density at radius 2 is 1.93 bits per heavy atom. The van der Waals surface area contributed by atoms with E-state index in [1.165, 1.54) is 5.56 Å². The Hall–Kier alpha value is -1.84. The van der Waals surface area contributed by atoms with Gasteiger partial charge in [-0.2, -0.15) is 4.99 Å². The van der Waals surface area contributed by atoms with E-state index in [1.807, 2.05) is 38.1 Å². The minimum absolute atomic E-state index is 0.663. The molecule has 15 heavy (non-hydrogen) atoms. The molecule has 0 spiro atoms. The number of rotatable bonds is 3. The van der Waals surface area contributed by atoms with Gasteiger partial charge in [-0.05, 0) is 26.0 Å². The average Bonchev–Trinajstić information content (AvgIpc) is 2.26. The largest absolute Gasteiger partial charge is 0.224 e. The maximum Gasteiger partial charge on any atom is 0.0949 e. The maximum absolute atomic E-state index is 4.08. The second-order valence-corrected chi connectivity index (χ2v) is 3.11. The molecule has 0 atom stereocenters. The first-order valence-electron chi connectivity index (χ1n) is 4.91. The van der Waals surface area contributed by atoms with E-state index in [1.54, 1.807) is 0 Å². The number of aliphatic imine (C=N–C) groups is 2. The molecule has 0 heterocycles. The molecule has 0 unspecified atom stereocenters. The highest BCUT2D eigenvalue weighted by Crippen LogP contribution is 2.10. The van der Waals surface area contributed by atoms with Crippen molar-refractivity contribution in [3.05, 3.63) is 29.8 Å². The SMILES string of the molecule is CC#CCCN=C=Nc1ccc(C)cc1. The molecule has 0 N–H and O–H groups in total. The van der Waals surface area contributed by atoms with E-state index in [4.69, 9.17) is 0 Å². The van der Waals surface area contributed by atoms with E-state index in [9.17, 15) is 0 Å². The van der Waals surface area contributed by atoms with Crippen molar-refractivity contribution in [1.82, 2.24) is 0 Å². The molecule has 1 rings (SSSR count). The first kappa shape index (κ1) is 11.2.